The molecule has 0 saturated heterocycles. The first-order chi connectivity index (χ1) is 8.56. The van der Waals surface area contributed by atoms with Crippen LogP contribution in [0.2, 0.25) is 0 Å². The van der Waals surface area contributed by atoms with Gasteiger partial charge in [0.05, 0.1) is 11.8 Å². The SMILES string of the molecule is Nc1ccc(F)c(C(=O)Nc2ccc(F)cn2)c1. The lowest BCUT2D eigenvalue weighted by molar-refractivity contribution is 0.102. The molecule has 3 N–H and O–H groups in total. The molecule has 0 bridgehead atoms. The van der Waals surface area contributed by atoms with E-state index in [1.54, 1.807) is 0 Å². The Morgan fingerprint density at radius 1 is 1.22 bits per heavy atom. The van der Waals surface area contributed by atoms with E-state index in [-0.39, 0.29) is 17.1 Å². The average molecular weight is 249 g/mol. The molecule has 4 nitrogen and oxygen atoms in total. The summed E-state index contributed by atoms with van der Waals surface area (Å²) in [5, 5.41) is 2.34. The molecule has 0 spiro atoms. The number of hydrogen-bond acceptors (Lipinski definition) is 3. The van der Waals surface area contributed by atoms with Gasteiger partial charge in [0.1, 0.15) is 17.5 Å². The molecule has 0 aliphatic rings. The van der Waals surface area contributed by atoms with E-state index < -0.39 is 17.5 Å². The van der Waals surface area contributed by atoms with E-state index in [0.29, 0.717) is 0 Å². The highest BCUT2D eigenvalue weighted by Crippen LogP contribution is 2.14. The molecule has 92 valence electrons. The molecule has 1 aromatic heterocycles. The zero-order valence-corrected chi connectivity index (χ0v) is 9.15. The Balaban J connectivity index is 2.21. The third-order valence-corrected chi connectivity index (χ3v) is 2.20. The number of nitrogens with zero attached hydrogens (tertiary/aromatic N) is 1. The fourth-order valence-corrected chi connectivity index (χ4v) is 1.35. The van der Waals surface area contributed by atoms with Crippen molar-refractivity contribution in [2.24, 2.45) is 0 Å². The smallest absolute Gasteiger partial charge is 0.259 e. The number of pyridine rings is 1. The quantitative estimate of drug-likeness (QED) is 0.801. The lowest BCUT2D eigenvalue weighted by Crippen LogP contribution is -2.15. The summed E-state index contributed by atoms with van der Waals surface area (Å²) in [7, 11) is 0. The summed E-state index contributed by atoms with van der Waals surface area (Å²) < 4.78 is 26.0. The van der Waals surface area contributed by atoms with Crippen molar-refractivity contribution in [1.82, 2.24) is 4.98 Å². The van der Waals surface area contributed by atoms with Gasteiger partial charge in [0, 0.05) is 5.69 Å². The van der Waals surface area contributed by atoms with Crippen LogP contribution in [-0.2, 0) is 0 Å². The Morgan fingerprint density at radius 2 is 2.00 bits per heavy atom. The molecule has 0 atom stereocenters. The van der Waals surface area contributed by atoms with E-state index in [2.05, 4.69) is 10.3 Å². The fourth-order valence-electron chi connectivity index (χ4n) is 1.35. The predicted octanol–water partition coefficient (Wildman–Crippen LogP) is 2.19. The second-order valence-corrected chi connectivity index (χ2v) is 3.56. The number of hydrogen-bond donors (Lipinski definition) is 2. The zero-order valence-electron chi connectivity index (χ0n) is 9.15. The number of amides is 1. The van der Waals surface area contributed by atoms with Gasteiger partial charge in [-0.3, -0.25) is 4.79 Å². The summed E-state index contributed by atoms with van der Waals surface area (Å²) in [5.41, 5.74) is 5.55. The summed E-state index contributed by atoms with van der Waals surface area (Å²) in [5.74, 6) is -1.78. The van der Waals surface area contributed by atoms with Crippen molar-refractivity contribution < 1.29 is 13.6 Å². The second kappa shape index (κ2) is 4.79. The molecule has 1 amide bonds. The van der Waals surface area contributed by atoms with Crippen molar-refractivity contribution in [3.63, 3.8) is 0 Å². The van der Waals surface area contributed by atoms with Gasteiger partial charge >= 0.3 is 0 Å². The maximum atomic E-state index is 13.4. The topological polar surface area (TPSA) is 68.0 Å². The Kier molecular flexibility index (Phi) is 3.18. The molecule has 18 heavy (non-hydrogen) atoms. The number of rotatable bonds is 2. The molecule has 0 radical (unpaired) electrons. The van der Waals surface area contributed by atoms with E-state index in [1.807, 2.05) is 0 Å². The minimum atomic E-state index is -0.695. The van der Waals surface area contributed by atoms with Gasteiger partial charge in [-0.15, -0.1) is 0 Å². The number of benzene rings is 1. The van der Waals surface area contributed by atoms with Gasteiger partial charge in [-0.05, 0) is 30.3 Å². The summed E-state index contributed by atoms with van der Waals surface area (Å²) >= 11 is 0. The van der Waals surface area contributed by atoms with Gasteiger partial charge < -0.3 is 11.1 Å². The molecule has 2 aromatic rings. The van der Waals surface area contributed by atoms with Crippen molar-refractivity contribution in [2.75, 3.05) is 11.1 Å². The van der Waals surface area contributed by atoms with Crippen LogP contribution in [0.15, 0.2) is 36.5 Å². The number of carbonyl (C=O) groups is 1. The Hall–Kier alpha value is -2.50. The molecule has 0 unspecified atom stereocenters. The van der Waals surface area contributed by atoms with Crippen molar-refractivity contribution in [2.45, 2.75) is 0 Å². The van der Waals surface area contributed by atoms with Crippen LogP contribution in [0.1, 0.15) is 10.4 Å². The minimum absolute atomic E-state index is 0.128. The minimum Gasteiger partial charge on any atom is -0.399 e. The molecule has 1 aromatic carbocycles. The Labute approximate surface area is 101 Å². The number of nitrogen functional groups attached to an aromatic ring is 1. The lowest BCUT2D eigenvalue weighted by atomic mass is 10.2. The van der Waals surface area contributed by atoms with Crippen LogP contribution in [0, 0.1) is 11.6 Å². The van der Waals surface area contributed by atoms with Crippen LogP contribution in [0.4, 0.5) is 20.3 Å². The van der Waals surface area contributed by atoms with Crippen molar-refractivity contribution >= 4 is 17.4 Å². The zero-order chi connectivity index (χ0) is 13.1. The summed E-state index contributed by atoms with van der Waals surface area (Å²) in [6.45, 7) is 0. The third kappa shape index (κ3) is 2.60. The van der Waals surface area contributed by atoms with Crippen LogP contribution in [0.5, 0.6) is 0 Å². The van der Waals surface area contributed by atoms with E-state index >= 15 is 0 Å². The average Bonchev–Trinajstić information content (AvgIpc) is 2.35. The van der Waals surface area contributed by atoms with Crippen LogP contribution in [0.3, 0.4) is 0 Å². The summed E-state index contributed by atoms with van der Waals surface area (Å²) in [4.78, 5) is 15.4. The monoisotopic (exact) mass is 249 g/mol. The molecule has 1 heterocycles. The molecule has 0 aliphatic carbocycles. The predicted molar refractivity (Wildman–Crippen MR) is 63.0 cm³/mol. The first-order valence-electron chi connectivity index (χ1n) is 5.04. The fraction of sp³-hybridized carbons (Fsp3) is 0. The molecule has 0 aliphatic heterocycles. The van der Waals surface area contributed by atoms with Gasteiger partial charge in [-0.25, -0.2) is 13.8 Å². The number of nitrogens with one attached hydrogen (secondary N) is 1. The largest absolute Gasteiger partial charge is 0.399 e. The molecule has 0 fully saturated rings. The first kappa shape index (κ1) is 12.0. The van der Waals surface area contributed by atoms with Gasteiger partial charge in [0.15, 0.2) is 0 Å². The van der Waals surface area contributed by atoms with Crippen molar-refractivity contribution in [3.05, 3.63) is 53.7 Å². The summed E-state index contributed by atoms with van der Waals surface area (Å²) in [6, 6.07) is 6.08. The number of halogens is 2. The molecular weight excluding hydrogens is 240 g/mol. The second-order valence-electron chi connectivity index (χ2n) is 3.56. The first-order valence-corrected chi connectivity index (χ1v) is 5.04. The van der Waals surface area contributed by atoms with Gasteiger partial charge in [-0.1, -0.05) is 0 Å². The van der Waals surface area contributed by atoms with Crippen molar-refractivity contribution in [1.29, 1.82) is 0 Å². The van der Waals surface area contributed by atoms with E-state index in [9.17, 15) is 13.6 Å². The molecule has 2 rings (SSSR count). The van der Waals surface area contributed by atoms with Crippen LogP contribution in [0.25, 0.3) is 0 Å². The maximum absolute atomic E-state index is 13.4. The Morgan fingerprint density at radius 3 is 2.67 bits per heavy atom. The van der Waals surface area contributed by atoms with Gasteiger partial charge in [0.25, 0.3) is 5.91 Å². The number of aromatic nitrogens is 1. The number of nitrogens with two attached hydrogens (primary N) is 1. The maximum Gasteiger partial charge on any atom is 0.259 e. The lowest BCUT2D eigenvalue weighted by Gasteiger charge is -2.05. The van der Waals surface area contributed by atoms with Crippen LogP contribution in [-0.4, -0.2) is 10.9 Å². The highest BCUT2D eigenvalue weighted by Gasteiger charge is 2.12. The standard InChI is InChI=1S/C12H9F2N3O/c13-7-1-4-11(16-6-7)17-12(18)9-5-8(15)2-3-10(9)14/h1-6H,15H2,(H,16,17,18). The van der Waals surface area contributed by atoms with Gasteiger partial charge in [0.2, 0.25) is 0 Å². The van der Waals surface area contributed by atoms with Crippen LogP contribution < -0.4 is 11.1 Å². The Bertz CT molecular complexity index is 584. The molecular formula is C12H9F2N3O. The molecule has 6 heteroatoms. The van der Waals surface area contributed by atoms with Crippen molar-refractivity contribution in [3.8, 4) is 0 Å². The van der Waals surface area contributed by atoms with E-state index in [1.165, 1.54) is 18.2 Å². The normalized spacial score (nSPS) is 10.1. The highest BCUT2D eigenvalue weighted by atomic mass is 19.1. The number of carbonyl (C=O) groups excluding carboxylic acids is 1. The molecule has 0 saturated carbocycles. The van der Waals surface area contributed by atoms with E-state index in [0.717, 1.165) is 18.3 Å². The summed E-state index contributed by atoms with van der Waals surface area (Å²) in [6.07, 6.45) is 0.950. The van der Waals surface area contributed by atoms with Crippen LogP contribution >= 0.6 is 0 Å². The highest BCUT2D eigenvalue weighted by molar-refractivity contribution is 6.04. The van der Waals surface area contributed by atoms with E-state index in [4.69, 9.17) is 5.73 Å². The van der Waals surface area contributed by atoms with Gasteiger partial charge in [-0.2, -0.15) is 0 Å². The third-order valence-electron chi connectivity index (χ3n) is 2.20. The number of anilines is 2.